The maximum atomic E-state index is 5.43. The van der Waals surface area contributed by atoms with E-state index in [1.807, 2.05) is 6.07 Å². The summed E-state index contributed by atoms with van der Waals surface area (Å²) >= 11 is 0. The van der Waals surface area contributed by atoms with Crippen molar-refractivity contribution in [3.8, 4) is 11.3 Å². The number of ether oxygens (including phenoxy) is 1. The molecule has 1 aromatic carbocycles. The number of fused-ring (bicyclic) bond motifs is 1. The van der Waals surface area contributed by atoms with Gasteiger partial charge >= 0.3 is 0 Å². The van der Waals surface area contributed by atoms with Crippen molar-refractivity contribution in [1.29, 1.82) is 0 Å². The zero-order valence-electron chi connectivity index (χ0n) is 15.0. The average Bonchev–Trinajstić information content (AvgIpc) is 2.72. The summed E-state index contributed by atoms with van der Waals surface area (Å²) < 4.78 is 5.43. The Kier molecular flexibility index (Phi) is 4.93. The van der Waals surface area contributed by atoms with E-state index in [1.54, 1.807) is 12.4 Å². The van der Waals surface area contributed by atoms with Crippen LogP contribution in [0.1, 0.15) is 13.3 Å². The zero-order valence-corrected chi connectivity index (χ0v) is 15.0. The van der Waals surface area contributed by atoms with E-state index in [0.29, 0.717) is 0 Å². The van der Waals surface area contributed by atoms with Crippen LogP contribution < -0.4 is 10.2 Å². The summed E-state index contributed by atoms with van der Waals surface area (Å²) in [4.78, 5) is 16.1. The summed E-state index contributed by atoms with van der Waals surface area (Å²) in [6.07, 6.45) is 4.46. The Labute approximate surface area is 153 Å². The molecule has 0 amide bonds. The van der Waals surface area contributed by atoms with Crippen LogP contribution in [0.25, 0.3) is 22.3 Å². The van der Waals surface area contributed by atoms with Gasteiger partial charge in [0.05, 0.1) is 24.4 Å². The topological polar surface area (TPSA) is 63.2 Å². The van der Waals surface area contributed by atoms with Gasteiger partial charge in [-0.3, -0.25) is 4.98 Å². The van der Waals surface area contributed by atoms with Gasteiger partial charge in [-0.1, -0.05) is 19.1 Å². The lowest BCUT2D eigenvalue weighted by molar-refractivity contribution is 0.122. The fourth-order valence-corrected chi connectivity index (χ4v) is 3.15. The van der Waals surface area contributed by atoms with Crippen molar-refractivity contribution in [2.24, 2.45) is 0 Å². The van der Waals surface area contributed by atoms with E-state index in [-0.39, 0.29) is 0 Å². The molecule has 1 aliphatic rings. The van der Waals surface area contributed by atoms with Crippen molar-refractivity contribution in [3.63, 3.8) is 0 Å². The molecular formula is C20H23N5O. The number of anilines is 2. The molecule has 134 valence electrons. The molecule has 2 aromatic heterocycles. The van der Waals surface area contributed by atoms with Crippen molar-refractivity contribution in [2.45, 2.75) is 13.3 Å². The summed E-state index contributed by atoms with van der Waals surface area (Å²) in [6, 6.07) is 10.6. The molecule has 0 spiro atoms. The van der Waals surface area contributed by atoms with E-state index in [9.17, 15) is 0 Å². The Hall–Kier alpha value is -2.73. The molecule has 1 fully saturated rings. The Morgan fingerprint density at radius 3 is 2.62 bits per heavy atom. The molecule has 26 heavy (non-hydrogen) atoms. The smallest absolute Gasteiger partial charge is 0.154 e. The number of hydrogen-bond acceptors (Lipinski definition) is 6. The molecule has 1 saturated heterocycles. The van der Waals surface area contributed by atoms with Crippen molar-refractivity contribution < 1.29 is 4.74 Å². The minimum atomic E-state index is 0.791. The van der Waals surface area contributed by atoms with E-state index in [4.69, 9.17) is 9.72 Å². The molecule has 1 aliphatic heterocycles. The second-order valence-electron chi connectivity index (χ2n) is 6.35. The fourth-order valence-electron chi connectivity index (χ4n) is 3.15. The molecule has 0 radical (unpaired) electrons. The third-order valence-corrected chi connectivity index (χ3v) is 4.54. The number of benzene rings is 1. The van der Waals surface area contributed by atoms with Crippen LogP contribution in [-0.4, -0.2) is 47.8 Å². The normalized spacial score (nSPS) is 14.6. The van der Waals surface area contributed by atoms with Gasteiger partial charge in [-0.2, -0.15) is 0 Å². The van der Waals surface area contributed by atoms with Gasteiger partial charge in [-0.15, -0.1) is 0 Å². The predicted octanol–water partition coefficient (Wildman–Crippen LogP) is 3.35. The van der Waals surface area contributed by atoms with Gasteiger partial charge in [0.25, 0.3) is 0 Å². The van der Waals surface area contributed by atoms with Crippen LogP contribution in [0.3, 0.4) is 0 Å². The number of aromatic nitrogens is 3. The molecule has 3 heterocycles. The predicted molar refractivity (Wildman–Crippen MR) is 105 cm³/mol. The first-order valence-corrected chi connectivity index (χ1v) is 9.14. The highest BCUT2D eigenvalue weighted by molar-refractivity contribution is 5.88. The lowest BCUT2D eigenvalue weighted by Crippen LogP contribution is -2.36. The van der Waals surface area contributed by atoms with Crippen LogP contribution in [-0.2, 0) is 4.74 Å². The van der Waals surface area contributed by atoms with Crippen molar-refractivity contribution in [3.05, 3.63) is 42.7 Å². The molecular weight excluding hydrogens is 326 g/mol. The van der Waals surface area contributed by atoms with Crippen molar-refractivity contribution in [1.82, 2.24) is 15.0 Å². The van der Waals surface area contributed by atoms with E-state index >= 15 is 0 Å². The Bertz CT molecular complexity index is 875. The molecule has 1 N–H and O–H groups in total. The first-order valence-electron chi connectivity index (χ1n) is 9.14. The quantitative estimate of drug-likeness (QED) is 0.762. The Morgan fingerprint density at radius 1 is 1.08 bits per heavy atom. The van der Waals surface area contributed by atoms with Crippen molar-refractivity contribution >= 4 is 22.5 Å². The summed E-state index contributed by atoms with van der Waals surface area (Å²) in [5.74, 6) is 0.796. The van der Waals surface area contributed by atoms with Crippen LogP contribution in [0.2, 0.25) is 0 Å². The Balaban J connectivity index is 1.67. The van der Waals surface area contributed by atoms with E-state index < -0.39 is 0 Å². The first kappa shape index (κ1) is 16.7. The van der Waals surface area contributed by atoms with Crippen LogP contribution in [0.5, 0.6) is 0 Å². The number of nitrogens with one attached hydrogen (secondary N) is 1. The highest BCUT2D eigenvalue weighted by Crippen LogP contribution is 2.27. The Morgan fingerprint density at radius 2 is 1.85 bits per heavy atom. The maximum absolute atomic E-state index is 5.43. The van der Waals surface area contributed by atoms with E-state index in [2.05, 4.69) is 51.4 Å². The van der Waals surface area contributed by atoms with E-state index in [1.165, 1.54) is 5.69 Å². The second kappa shape index (κ2) is 7.66. The average molecular weight is 349 g/mol. The minimum Gasteiger partial charge on any atom is -0.378 e. The first-order chi connectivity index (χ1) is 12.8. The third kappa shape index (κ3) is 3.46. The summed E-state index contributed by atoms with van der Waals surface area (Å²) in [7, 11) is 0. The van der Waals surface area contributed by atoms with Gasteiger partial charge in [0.1, 0.15) is 5.52 Å². The molecule has 3 aromatic rings. The number of hydrogen-bond donors (Lipinski definition) is 1. The second-order valence-corrected chi connectivity index (χ2v) is 6.35. The SMILES string of the molecule is CCCNc1nc(-c2ccc(N3CCOCC3)cc2)cc2nccnc12. The fraction of sp³-hybridized carbons (Fsp3) is 0.350. The van der Waals surface area contributed by atoms with Crippen LogP contribution in [0.4, 0.5) is 11.5 Å². The molecule has 0 unspecified atom stereocenters. The highest BCUT2D eigenvalue weighted by atomic mass is 16.5. The molecule has 0 aliphatic carbocycles. The minimum absolute atomic E-state index is 0.791. The van der Waals surface area contributed by atoms with Crippen LogP contribution in [0, 0.1) is 0 Å². The largest absolute Gasteiger partial charge is 0.378 e. The van der Waals surface area contributed by atoms with Gasteiger partial charge in [0.2, 0.25) is 0 Å². The molecule has 4 rings (SSSR count). The number of pyridine rings is 1. The summed E-state index contributed by atoms with van der Waals surface area (Å²) in [5.41, 5.74) is 4.88. The summed E-state index contributed by atoms with van der Waals surface area (Å²) in [6.45, 7) is 6.45. The van der Waals surface area contributed by atoms with Crippen LogP contribution in [0.15, 0.2) is 42.7 Å². The molecule has 6 nitrogen and oxygen atoms in total. The lowest BCUT2D eigenvalue weighted by atomic mass is 10.1. The van der Waals surface area contributed by atoms with Gasteiger partial charge in [-0.05, 0) is 24.6 Å². The van der Waals surface area contributed by atoms with E-state index in [0.717, 1.165) is 67.4 Å². The third-order valence-electron chi connectivity index (χ3n) is 4.54. The number of nitrogens with zero attached hydrogens (tertiary/aromatic N) is 4. The van der Waals surface area contributed by atoms with Gasteiger partial charge in [-0.25, -0.2) is 9.97 Å². The number of morpholine rings is 1. The molecule has 6 heteroatoms. The monoisotopic (exact) mass is 349 g/mol. The summed E-state index contributed by atoms with van der Waals surface area (Å²) in [5, 5.41) is 3.37. The maximum Gasteiger partial charge on any atom is 0.154 e. The molecule has 0 saturated carbocycles. The lowest BCUT2D eigenvalue weighted by Gasteiger charge is -2.28. The molecule has 0 bridgehead atoms. The molecule has 0 atom stereocenters. The van der Waals surface area contributed by atoms with Gasteiger partial charge in [0.15, 0.2) is 5.82 Å². The van der Waals surface area contributed by atoms with Crippen molar-refractivity contribution in [2.75, 3.05) is 43.1 Å². The van der Waals surface area contributed by atoms with Gasteiger partial charge in [0, 0.05) is 43.3 Å². The van der Waals surface area contributed by atoms with Crippen LogP contribution >= 0.6 is 0 Å². The number of rotatable bonds is 5. The zero-order chi connectivity index (χ0) is 17.8. The highest BCUT2D eigenvalue weighted by Gasteiger charge is 2.13. The standard InChI is InChI=1S/C20H23N5O/c1-2-7-23-20-19-18(21-8-9-22-19)14-17(24-20)15-3-5-16(6-4-15)25-10-12-26-13-11-25/h3-6,8-9,14H,2,7,10-13H2,1H3,(H,23,24). The van der Waals surface area contributed by atoms with Gasteiger partial charge < -0.3 is 15.0 Å².